The van der Waals surface area contributed by atoms with E-state index in [0.29, 0.717) is 0 Å². The molecule has 0 bridgehead atoms. The van der Waals surface area contributed by atoms with Crippen LogP contribution in [0.2, 0.25) is 0 Å². The molecule has 3 heterocycles. The van der Waals surface area contributed by atoms with Crippen LogP contribution >= 0.6 is 0 Å². The minimum Gasteiger partial charge on any atom is -0.456 e. The van der Waals surface area contributed by atoms with E-state index in [1.807, 2.05) is 24.4 Å². The van der Waals surface area contributed by atoms with Crippen molar-refractivity contribution in [2.24, 2.45) is 0 Å². The predicted octanol–water partition coefficient (Wildman–Crippen LogP) is 12.2. The van der Waals surface area contributed by atoms with Crippen LogP contribution in [0.25, 0.3) is 93.7 Å². The van der Waals surface area contributed by atoms with Gasteiger partial charge in [-0.3, -0.25) is 4.98 Å². The minimum atomic E-state index is 0.911. The lowest BCUT2D eigenvalue weighted by Crippen LogP contribution is -1.94. The molecule has 0 fully saturated rings. The highest BCUT2D eigenvalue weighted by molar-refractivity contribution is 6.22. The van der Waals surface area contributed by atoms with Crippen LogP contribution in [0.4, 0.5) is 0 Å². The van der Waals surface area contributed by atoms with Gasteiger partial charge < -0.3 is 8.98 Å². The van der Waals surface area contributed by atoms with Crippen molar-refractivity contribution >= 4 is 54.5 Å². The van der Waals surface area contributed by atoms with Crippen LogP contribution in [0.15, 0.2) is 174 Å². The van der Waals surface area contributed by atoms with E-state index in [9.17, 15) is 0 Å². The molecule has 0 aliphatic rings. The zero-order valence-electron chi connectivity index (χ0n) is 26.0. The first-order valence-corrected chi connectivity index (χ1v) is 16.3. The Morgan fingerprint density at radius 3 is 1.96 bits per heavy atom. The second-order valence-corrected chi connectivity index (χ2v) is 12.4. The maximum absolute atomic E-state index is 6.13. The maximum atomic E-state index is 6.13. The number of fused-ring (bicyclic) bond motifs is 8. The fraction of sp³-hybridized carbons (Fsp3) is 0. The third-order valence-electron chi connectivity index (χ3n) is 9.65. The van der Waals surface area contributed by atoms with E-state index in [-0.39, 0.29) is 0 Å². The highest BCUT2D eigenvalue weighted by Gasteiger charge is 2.17. The molecule has 0 radical (unpaired) electrons. The topological polar surface area (TPSA) is 31.0 Å². The predicted molar refractivity (Wildman–Crippen MR) is 200 cm³/mol. The standard InChI is InChI=1S/C45H28N2O/c1-2-8-29(9-3-1)34-24-25-46-40(28-34)31-14-19-35(20-15-31)47-41-21-17-32(27-39(41)45-36-11-5-4-10-30(36)16-22-42(45)47)33-18-23-44-38(26-33)37-12-6-7-13-43(37)48-44/h1-28H. The Hall–Kier alpha value is -6.45. The van der Waals surface area contributed by atoms with Gasteiger partial charge in [-0.25, -0.2) is 0 Å². The molecular weight excluding hydrogens is 585 g/mol. The van der Waals surface area contributed by atoms with Crippen molar-refractivity contribution in [2.45, 2.75) is 0 Å². The van der Waals surface area contributed by atoms with Crippen molar-refractivity contribution in [3.63, 3.8) is 0 Å². The summed E-state index contributed by atoms with van der Waals surface area (Å²) >= 11 is 0. The third-order valence-corrected chi connectivity index (χ3v) is 9.65. The Morgan fingerprint density at radius 1 is 0.417 bits per heavy atom. The van der Waals surface area contributed by atoms with Gasteiger partial charge in [0.15, 0.2) is 0 Å². The fourth-order valence-corrected chi connectivity index (χ4v) is 7.33. The first-order valence-electron chi connectivity index (χ1n) is 16.3. The van der Waals surface area contributed by atoms with E-state index in [1.165, 1.54) is 49.3 Å². The molecule has 3 heteroatoms. The number of pyridine rings is 1. The molecule has 7 aromatic carbocycles. The molecular formula is C45H28N2O. The molecule has 0 saturated heterocycles. The summed E-state index contributed by atoms with van der Waals surface area (Å²) in [7, 11) is 0. The van der Waals surface area contributed by atoms with Crippen molar-refractivity contribution in [1.29, 1.82) is 0 Å². The average Bonchev–Trinajstić information content (AvgIpc) is 3.70. The molecule has 0 aliphatic carbocycles. The average molecular weight is 613 g/mol. The Bertz CT molecular complexity index is 2820. The number of rotatable bonds is 4. The van der Waals surface area contributed by atoms with Gasteiger partial charge in [0.05, 0.1) is 16.7 Å². The number of nitrogens with zero attached hydrogens (tertiary/aromatic N) is 2. The summed E-state index contributed by atoms with van der Waals surface area (Å²) in [6, 6.07) is 58.4. The summed E-state index contributed by atoms with van der Waals surface area (Å²) in [6.45, 7) is 0. The molecule has 3 nitrogen and oxygen atoms in total. The number of hydrogen-bond acceptors (Lipinski definition) is 2. The minimum absolute atomic E-state index is 0.911. The van der Waals surface area contributed by atoms with Crippen LogP contribution < -0.4 is 0 Å². The van der Waals surface area contributed by atoms with Gasteiger partial charge in [0.2, 0.25) is 0 Å². The van der Waals surface area contributed by atoms with Crippen LogP contribution in [0.3, 0.4) is 0 Å². The Balaban J connectivity index is 1.13. The molecule has 10 aromatic rings. The van der Waals surface area contributed by atoms with Gasteiger partial charge in [-0.05, 0) is 93.7 Å². The Kier molecular flexibility index (Phi) is 5.87. The van der Waals surface area contributed by atoms with E-state index in [2.05, 4.69) is 150 Å². The molecule has 224 valence electrons. The summed E-state index contributed by atoms with van der Waals surface area (Å²) in [6.07, 6.45) is 1.90. The van der Waals surface area contributed by atoms with Crippen molar-refractivity contribution in [3.8, 4) is 39.2 Å². The lowest BCUT2D eigenvalue weighted by Gasteiger charge is -2.10. The summed E-state index contributed by atoms with van der Waals surface area (Å²) in [5, 5.41) is 7.27. The Labute approximate surface area is 277 Å². The summed E-state index contributed by atoms with van der Waals surface area (Å²) < 4.78 is 8.52. The molecule has 0 N–H and O–H groups in total. The summed E-state index contributed by atoms with van der Waals surface area (Å²) in [5.74, 6) is 0. The van der Waals surface area contributed by atoms with Crippen LogP contribution in [-0.4, -0.2) is 9.55 Å². The van der Waals surface area contributed by atoms with Crippen molar-refractivity contribution in [1.82, 2.24) is 9.55 Å². The first kappa shape index (κ1) is 26.7. The zero-order chi connectivity index (χ0) is 31.6. The van der Waals surface area contributed by atoms with Crippen molar-refractivity contribution in [2.75, 3.05) is 0 Å². The lowest BCUT2D eigenvalue weighted by atomic mass is 9.99. The number of furan rings is 1. The second-order valence-electron chi connectivity index (χ2n) is 12.4. The van der Waals surface area contributed by atoms with Crippen molar-refractivity contribution < 1.29 is 4.42 Å². The van der Waals surface area contributed by atoms with Crippen LogP contribution in [0.1, 0.15) is 0 Å². The molecule has 0 amide bonds. The van der Waals surface area contributed by atoms with Gasteiger partial charge in [0.25, 0.3) is 0 Å². The number of aromatic nitrogens is 2. The van der Waals surface area contributed by atoms with E-state index in [1.54, 1.807) is 0 Å². The molecule has 0 unspecified atom stereocenters. The largest absolute Gasteiger partial charge is 0.456 e. The lowest BCUT2D eigenvalue weighted by molar-refractivity contribution is 0.669. The second kappa shape index (κ2) is 10.5. The highest BCUT2D eigenvalue weighted by atomic mass is 16.3. The molecule has 0 spiro atoms. The smallest absolute Gasteiger partial charge is 0.135 e. The molecule has 0 saturated carbocycles. The quantitative estimate of drug-likeness (QED) is 0.198. The van der Waals surface area contributed by atoms with Gasteiger partial charge in [-0.15, -0.1) is 0 Å². The molecule has 3 aromatic heterocycles. The fourth-order valence-electron chi connectivity index (χ4n) is 7.33. The molecule has 0 atom stereocenters. The molecule has 10 rings (SSSR count). The van der Waals surface area contributed by atoms with Crippen LogP contribution in [0.5, 0.6) is 0 Å². The van der Waals surface area contributed by atoms with Gasteiger partial charge in [-0.1, -0.05) is 103 Å². The molecule has 0 aliphatic heterocycles. The zero-order valence-corrected chi connectivity index (χ0v) is 26.0. The number of hydrogen-bond donors (Lipinski definition) is 0. The van der Waals surface area contributed by atoms with Crippen LogP contribution in [0, 0.1) is 0 Å². The summed E-state index contributed by atoms with van der Waals surface area (Å²) in [5.41, 5.74) is 12.1. The molecule has 48 heavy (non-hydrogen) atoms. The van der Waals surface area contributed by atoms with Crippen LogP contribution in [-0.2, 0) is 0 Å². The van der Waals surface area contributed by atoms with E-state index < -0.39 is 0 Å². The number of para-hydroxylation sites is 1. The number of benzene rings is 7. The van der Waals surface area contributed by atoms with Gasteiger partial charge >= 0.3 is 0 Å². The van der Waals surface area contributed by atoms with E-state index in [0.717, 1.165) is 44.4 Å². The van der Waals surface area contributed by atoms with E-state index in [4.69, 9.17) is 9.40 Å². The third kappa shape index (κ3) is 4.18. The normalized spacial score (nSPS) is 11.8. The monoisotopic (exact) mass is 612 g/mol. The SMILES string of the molecule is c1ccc(-c2ccnc(-c3ccc(-n4c5ccc(-c6ccc7oc8ccccc8c7c6)cc5c5c6ccccc6ccc54)cc3)c2)cc1. The first-order chi connectivity index (χ1) is 23.8. The van der Waals surface area contributed by atoms with Crippen molar-refractivity contribution in [3.05, 3.63) is 170 Å². The Morgan fingerprint density at radius 2 is 1.08 bits per heavy atom. The van der Waals surface area contributed by atoms with Gasteiger partial charge in [-0.2, -0.15) is 0 Å². The van der Waals surface area contributed by atoms with E-state index >= 15 is 0 Å². The summed E-state index contributed by atoms with van der Waals surface area (Å²) in [4.78, 5) is 4.72. The highest BCUT2D eigenvalue weighted by Crippen LogP contribution is 2.40. The maximum Gasteiger partial charge on any atom is 0.135 e. The van der Waals surface area contributed by atoms with Gasteiger partial charge in [0.1, 0.15) is 11.2 Å². The van der Waals surface area contributed by atoms with Gasteiger partial charge in [0, 0.05) is 39.0 Å².